The molecule has 0 aliphatic heterocycles. The Morgan fingerprint density at radius 1 is 1.00 bits per heavy atom. The number of nitrogens with one attached hydrogen (secondary N) is 1. The second-order valence-electron chi connectivity index (χ2n) is 8.41. The highest BCUT2D eigenvalue weighted by atomic mass is 16.2. The van der Waals surface area contributed by atoms with E-state index in [-0.39, 0.29) is 16.9 Å². The summed E-state index contributed by atoms with van der Waals surface area (Å²) in [5, 5.41) is 3.33. The number of carbonyl (C=O) groups excluding carboxylic acids is 1. The molecule has 1 atom stereocenters. The fourth-order valence-electron chi connectivity index (χ4n) is 1.97. The van der Waals surface area contributed by atoms with Gasteiger partial charge in [0.1, 0.15) is 0 Å². The second kappa shape index (κ2) is 4.86. The van der Waals surface area contributed by atoms with Crippen molar-refractivity contribution in [1.29, 1.82) is 0 Å². The summed E-state index contributed by atoms with van der Waals surface area (Å²) < 4.78 is 0. The molecule has 1 aliphatic rings. The van der Waals surface area contributed by atoms with Crippen LogP contribution >= 0.6 is 0 Å². The standard InChI is InChI=1S/C16H31NO/c1-14(2,3)10-11-16(7,15(4,5)6)17-13(18)12-8-9-12/h12H,8-11H2,1-7H3,(H,17,18). The maximum absolute atomic E-state index is 12.1. The topological polar surface area (TPSA) is 29.1 Å². The van der Waals surface area contributed by atoms with Crippen molar-refractivity contribution in [3.8, 4) is 0 Å². The molecule has 1 N–H and O–H groups in total. The molecule has 106 valence electrons. The Balaban J connectivity index is 2.71. The average Bonchev–Trinajstić information content (AvgIpc) is 2.94. The van der Waals surface area contributed by atoms with Gasteiger partial charge in [0.15, 0.2) is 0 Å². The molecule has 2 heteroatoms. The SMILES string of the molecule is CC(C)(C)CCC(C)(NC(=O)C1CC1)C(C)(C)C. The van der Waals surface area contributed by atoms with Gasteiger partial charge in [-0.3, -0.25) is 4.79 Å². The van der Waals surface area contributed by atoms with E-state index in [1.807, 2.05) is 0 Å². The first-order chi connectivity index (χ1) is 7.95. The zero-order valence-electron chi connectivity index (χ0n) is 13.3. The van der Waals surface area contributed by atoms with Crippen LogP contribution in [0.25, 0.3) is 0 Å². The molecule has 2 nitrogen and oxygen atoms in total. The molecule has 1 unspecified atom stereocenters. The first-order valence-electron chi connectivity index (χ1n) is 7.27. The van der Waals surface area contributed by atoms with Gasteiger partial charge in [-0.15, -0.1) is 0 Å². The van der Waals surface area contributed by atoms with Gasteiger partial charge >= 0.3 is 0 Å². The molecule has 0 radical (unpaired) electrons. The first-order valence-corrected chi connectivity index (χ1v) is 7.27. The Kier molecular flexibility index (Phi) is 4.19. The molecule has 0 heterocycles. The minimum absolute atomic E-state index is 0.0861. The predicted octanol–water partition coefficient (Wildman–Crippen LogP) is 4.14. The Hall–Kier alpha value is -0.530. The van der Waals surface area contributed by atoms with Crippen LogP contribution in [0.1, 0.15) is 74.1 Å². The quantitative estimate of drug-likeness (QED) is 0.801. The van der Waals surface area contributed by atoms with Crippen LogP contribution in [-0.4, -0.2) is 11.4 Å². The number of carbonyl (C=O) groups is 1. The summed E-state index contributed by atoms with van der Waals surface area (Å²) in [7, 11) is 0. The number of rotatable bonds is 4. The van der Waals surface area contributed by atoms with Gasteiger partial charge < -0.3 is 5.32 Å². The maximum atomic E-state index is 12.1. The molecule has 0 saturated heterocycles. The van der Waals surface area contributed by atoms with Crippen LogP contribution in [0.5, 0.6) is 0 Å². The molecule has 18 heavy (non-hydrogen) atoms. The highest BCUT2D eigenvalue weighted by Crippen LogP contribution is 2.38. The van der Waals surface area contributed by atoms with Crippen molar-refractivity contribution in [1.82, 2.24) is 5.32 Å². The van der Waals surface area contributed by atoms with Crippen LogP contribution in [0.3, 0.4) is 0 Å². The molecule has 1 aliphatic carbocycles. The van der Waals surface area contributed by atoms with Gasteiger partial charge in [0.2, 0.25) is 5.91 Å². The van der Waals surface area contributed by atoms with E-state index >= 15 is 0 Å². The summed E-state index contributed by atoms with van der Waals surface area (Å²) >= 11 is 0. The smallest absolute Gasteiger partial charge is 0.223 e. The predicted molar refractivity (Wildman–Crippen MR) is 77.4 cm³/mol. The molecule has 1 fully saturated rings. The van der Waals surface area contributed by atoms with Crippen molar-refractivity contribution in [3.63, 3.8) is 0 Å². The molecule has 1 rings (SSSR count). The summed E-state index contributed by atoms with van der Waals surface area (Å²) in [5.41, 5.74) is 0.291. The normalized spacial score (nSPS) is 20.4. The van der Waals surface area contributed by atoms with E-state index in [0.717, 1.165) is 25.7 Å². The zero-order chi connectivity index (χ0) is 14.2. The maximum Gasteiger partial charge on any atom is 0.223 e. The molecule has 1 saturated carbocycles. The van der Waals surface area contributed by atoms with Gasteiger partial charge in [-0.1, -0.05) is 41.5 Å². The lowest BCUT2D eigenvalue weighted by Crippen LogP contribution is -2.55. The Labute approximate surface area is 113 Å². The summed E-state index contributed by atoms with van der Waals surface area (Å²) in [6.07, 6.45) is 4.32. The summed E-state index contributed by atoms with van der Waals surface area (Å²) in [5.74, 6) is 0.558. The third kappa shape index (κ3) is 4.29. The van der Waals surface area contributed by atoms with Crippen LogP contribution in [0.15, 0.2) is 0 Å². The molecule has 1 amide bonds. The molecule has 0 aromatic heterocycles. The van der Waals surface area contributed by atoms with E-state index in [1.54, 1.807) is 0 Å². The van der Waals surface area contributed by atoms with Crippen LogP contribution in [-0.2, 0) is 4.79 Å². The average molecular weight is 253 g/mol. The fourth-order valence-corrected chi connectivity index (χ4v) is 1.97. The van der Waals surface area contributed by atoms with Gasteiger partial charge in [-0.05, 0) is 43.4 Å². The Bertz CT molecular complexity index is 304. The molecule has 0 bridgehead atoms. The van der Waals surface area contributed by atoms with Crippen LogP contribution in [0, 0.1) is 16.7 Å². The van der Waals surface area contributed by atoms with E-state index in [4.69, 9.17) is 0 Å². The third-order valence-electron chi connectivity index (χ3n) is 4.38. The number of amides is 1. The van der Waals surface area contributed by atoms with Crippen molar-refractivity contribution < 1.29 is 4.79 Å². The van der Waals surface area contributed by atoms with Gasteiger partial charge in [0.25, 0.3) is 0 Å². The number of hydrogen-bond acceptors (Lipinski definition) is 1. The van der Waals surface area contributed by atoms with Crippen LogP contribution in [0.4, 0.5) is 0 Å². The van der Waals surface area contributed by atoms with Gasteiger partial charge in [-0.2, -0.15) is 0 Å². The highest BCUT2D eigenvalue weighted by molar-refractivity contribution is 5.81. The fraction of sp³-hybridized carbons (Fsp3) is 0.938. The largest absolute Gasteiger partial charge is 0.350 e. The summed E-state index contributed by atoms with van der Waals surface area (Å²) in [6.45, 7) is 15.7. The molecule has 0 aromatic carbocycles. The molecule has 0 spiro atoms. The lowest BCUT2D eigenvalue weighted by atomic mass is 9.70. The first kappa shape index (κ1) is 15.5. The second-order valence-corrected chi connectivity index (χ2v) is 8.41. The lowest BCUT2D eigenvalue weighted by Gasteiger charge is -2.44. The van der Waals surface area contributed by atoms with E-state index in [9.17, 15) is 4.79 Å². The van der Waals surface area contributed by atoms with Gasteiger partial charge in [0, 0.05) is 11.5 Å². The van der Waals surface area contributed by atoms with Gasteiger partial charge in [-0.25, -0.2) is 0 Å². The van der Waals surface area contributed by atoms with Crippen molar-refractivity contribution in [2.45, 2.75) is 79.7 Å². The minimum atomic E-state index is -0.111. The third-order valence-corrected chi connectivity index (χ3v) is 4.38. The lowest BCUT2D eigenvalue weighted by molar-refractivity contribution is -0.125. The van der Waals surface area contributed by atoms with Crippen molar-refractivity contribution >= 4 is 5.91 Å². The number of hydrogen-bond donors (Lipinski definition) is 1. The van der Waals surface area contributed by atoms with E-state index in [1.165, 1.54) is 0 Å². The Morgan fingerprint density at radius 3 is 1.83 bits per heavy atom. The minimum Gasteiger partial charge on any atom is -0.350 e. The van der Waals surface area contributed by atoms with Crippen LogP contribution in [0.2, 0.25) is 0 Å². The van der Waals surface area contributed by atoms with Crippen molar-refractivity contribution in [2.75, 3.05) is 0 Å². The molecule has 0 aromatic rings. The summed E-state index contributed by atoms with van der Waals surface area (Å²) in [6, 6.07) is 0. The van der Waals surface area contributed by atoms with E-state index in [0.29, 0.717) is 11.3 Å². The van der Waals surface area contributed by atoms with E-state index in [2.05, 4.69) is 53.8 Å². The van der Waals surface area contributed by atoms with Crippen LogP contribution < -0.4 is 5.32 Å². The molecular formula is C16H31NO. The monoisotopic (exact) mass is 253 g/mol. The summed E-state index contributed by atoms with van der Waals surface area (Å²) in [4.78, 5) is 12.1. The van der Waals surface area contributed by atoms with Gasteiger partial charge in [0.05, 0.1) is 0 Å². The van der Waals surface area contributed by atoms with E-state index < -0.39 is 0 Å². The van der Waals surface area contributed by atoms with Crippen molar-refractivity contribution in [2.24, 2.45) is 16.7 Å². The highest BCUT2D eigenvalue weighted by Gasteiger charge is 2.42. The van der Waals surface area contributed by atoms with Crippen molar-refractivity contribution in [3.05, 3.63) is 0 Å². The Morgan fingerprint density at radius 2 is 1.50 bits per heavy atom. The zero-order valence-corrected chi connectivity index (χ0v) is 13.3. The molecular weight excluding hydrogens is 222 g/mol.